The third-order valence-corrected chi connectivity index (χ3v) is 12.7. The summed E-state index contributed by atoms with van der Waals surface area (Å²) in [5.41, 5.74) is -15.1. The molecule has 7 N–H and O–H groups in total. The normalized spacial score (nSPS) is 50.6. The van der Waals surface area contributed by atoms with Crippen molar-refractivity contribution < 1.29 is 44.6 Å². The number of hydrogen-bond acceptors (Lipinski definition) is 9. The quantitative estimate of drug-likeness (QED) is 0.250. The molecule has 4 aliphatic carbocycles. The largest absolute Gasteiger partial charge is 0.451 e. The zero-order chi connectivity index (χ0) is 31.2. The van der Waals surface area contributed by atoms with E-state index in [1.165, 1.54) is 19.2 Å². The Bertz CT molecular complexity index is 1520. The van der Waals surface area contributed by atoms with Gasteiger partial charge < -0.3 is 45.3 Å². The first-order valence-electron chi connectivity index (χ1n) is 15.0. The third-order valence-electron chi connectivity index (χ3n) is 12.7. The fraction of sp³-hybridized carbons (Fsp3) is 0.625. The van der Waals surface area contributed by atoms with Crippen LogP contribution in [0.2, 0.25) is 0 Å². The molecule has 0 unspecified atom stereocenters. The molecule has 11 nitrogen and oxygen atoms in total. The van der Waals surface area contributed by atoms with E-state index in [9.17, 15) is 35.1 Å². The van der Waals surface area contributed by atoms with Crippen molar-refractivity contribution in [3.8, 4) is 0 Å². The minimum Gasteiger partial charge on any atom is -0.451 e. The molecule has 6 aliphatic rings. The molecule has 1 spiro atoms. The molecule has 11 heteroatoms. The van der Waals surface area contributed by atoms with Gasteiger partial charge in [0.1, 0.15) is 28.1 Å². The number of aromatic amines is 1. The van der Waals surface area contributed by atoms with Gasteiger partial charge >= 0.3 is 5.97 Å². The highest BCUT2D eigenvalue weighted by atomic mass is 16.7. The first kappa shape index (κ1) is 28.9. The maximum atomic E-state index is 13.6. The summed E-state index contributed by atoms with van der Waals surface area (Å²) in [6, 6.07) is 10.4. The molecular weight excluding hydrogens is 556 g/mol. The van der Waals surface area contributed by atoms with E-state index in [0.717, 1.165) is 0 Å². The summed E-state index contributed by atoms with van der Waals surface area (Å²) in [4.78, 5) is 29.9. The van der Waals surface area contributed by atoms with E-state index in [0.29, 0.717) is 12.0 Å². The lowest BCUT2D eigenvalue weighted by atomic mass is 9.52. The predicted octanol–water partition coefficient (Wildman–Crippen LogP) is 1.25. The minimum absolute atomic E-state index is 0.0521. The first-order valence-corrected chi connectivity index (χ1v) is 15.0. The first-order chi connectivity index (χ1) is 20.0. The second-order valence-corrected chi connectivity index (χ2v) is 14.3. The van der Waals surface area contributed by atoms with Crippen LogP contribution in [0, 0.1) is 22.7 Å². The number of H-pyrrole nitrogens is 1. The summed E-state index contributed by atoms with van der Waals surface area (Å²) >= 11 is 0. The zero-order valence-electron chi connectivity index (χ0n) is 24.9. The lowest BCUT2D eigenvalue weighted by Crippen LogP contribution is -2.78. The smallest absolute Gasteiger partial charge is 0.355 e. The number of amides is 1. The Morgan fingerprint density at radius 3 is 2.33 bits per heavy atom. The van der Waals surface area contributed by atoms with Gasteiger partial charge in [0.15, 0.2) is 17.5 Å². The number of aliphatic hydroxyl groups is 5. The van der Waals surface area contributed by atoms with Gasteiger partial charge in [-0.15, -0.1) is 0 Å². The second-order valence-electron chi connectivity index (χ2n) is 14.3. The average molecular weight is 597 g/mol. The Labute approximate surface area is 249 Å². The number of rotatable bonds is 5. The van der Waals surface area contributed by atoms with Crippen LogP contribution in [-0.2, 0) is 9.47 Å². The monoisotopic (exact) mass is 596 g/mol. The van der Waals surface area contributed by atoms with Gasteiger partial charge in [-0.2, -0.15) is 0 Å². The van der Waals surface area contributed by atoms with Crippen molar-refractivity contribution in [2.45, 2.75) is 99.8 Å². The third kappa shape index (κ3) is 2.54. The molecule has 4 saturated carbocycles. The zero-order valence-corrected chi connectivity index (χ0v) is 24.9. The summed E-state index contributed by atoms with van der Waals surface area (Å²) in [5, 5.41) is 67.8. The molecular formula is C32H40N2O9. The van der Waals surface area contributed by atoms with Crippen molar-refractivity contribution in [1.82, 2.24) is 10.3 Å². The molecule has 1 aromatic carbocycles. The van der Waals surface area contributed by atoms with Crippen LogP contribution < -0.4 is 5.32 Å². The number of esters is 1. The molecule has 6 fully saturated rings. The molecule has 2 aromatic rings. The maximum absolute atomic E-state index is 13.6. The van der Waals surface area contributed by atoms with Crippen LogP contribution in [0.15, 0.2) is 48.7 Å². The average Bonchev–Trinajstić information content (AvgIpc) is 3.59. The number of carbonyl (C=O) groups is 2. The van der Waals surface area contributed by atoms with Gasteiger partial charge in [0.05, 0.1) is 11.5 Å². The summed E-state index contributed by atoms with van der Waals surface area (Å²) < 4.78 is 12.6. The molecule has 43 heavy (non-hydrogen) atoms. The number of aromatic nitrogens is 1. The number of ether oxygens (including phenoxy) is 2. The molecule has 8 rings (SSSR count). The van der Waals surface area contributed by atoms with Gasteiger partial charge in [-0.25, -0.2) is 4.79 Å². The van der Waals surface area contributed by atoms with Gasteiger partial charge in [-0.3, -0.25) is 4.79 Å². The number of benzene rings is 1. The molecule has 2 saturated heterocycles. The number of hydrogen-bond donors (Lipinski definition) is 7. The van der Waals surface area contributed by atoms with Gasteiger partial charge in [0.25, 0.3) is 5.91 Å². The van der Waals surface area contributed by atoms with E-state index in [2.05, 4.69) is 10.3 Å². The van der Waals surface area contributed by atoms with E-state index < -0.39 is 80.5 Å². The molecule has 11 atom stereocenters. The van der Waals surface area contributed by atoms with Gasteiger partial charge in [0.2, 0.25) is 0 Å². The molecule has 1 aromatic heterocycles. The highest BCUT2D eigenvalue weighted by Crippen LogP contribution is 2.90. The maximum Gasteiger partial charge on any atom is 0.355 e. The number of nitrogens with one attached hydrogen (secondary N) is 2. The van der Waals surface area contributed by atoms with Gasteiger partial charge in [0, 0.05) is 23.6 Å². The van der Waals surface area contributed by atoms with Crippen LogP contribution in [0.25, 0.3) is 0 Å². The Morgan fingerprint density at radius 2 is 1.72 bits per heavy atom. The molecule has 232 valence electrons. The molecule has 1 amide bonds. The summed E-state index contributed by atoms with van der Waals surface area (Å²) in [6.07, 6.45) is -0.208. The fourth-order valence-corrected chi connectivity index (χ4v) is 10.7. The van der Waals surface area contributed by atoms with Crippen LogP contribution in [0.4, 0.5) is 0 Å². The van der Waals surface area contributed by atoms with Crippen LogP contribution in [0.5, 0.6) is 0 Å². The van der Waals surface area contributed by atoms with E-state index in [1.54, 1.807) is 57.2 Å². The summed E-state index contributed by atoms with van der Waals surface area (Å²) in [6.45, 7) is 8.10. The predicted molar refractivity (Wildman–Crippen MR) is 150 cm³/mol. The topological polar surface area (TPSA) is 182 Å². The van der Waals surface area contributed by atoms with Crippen molar-refractivity contribution in [3.05, 3.63) is 59.9 Å². The van der Waals surface area contributed by atoms with Crippen molar-refractivity contribution >= 4 is 11.9 Å². The van der Waals surface area contributed by atoms with Crippen molar-refractivity contribution in [2.24, 2.45) is 22.7 Å². The lowest BCUT2D eigenvalue weighted by molar-refractivity contribution is -0.381. The molecule has 2 aliphatic heterocycles. The Morgan fingerprint density at radius 1 is 1.05 bits per heavy atom. The SMILES string of the molecule is CC(C)[C@@]1(O)[C@@H](OC(=O)c2ccc[nH]2)[C@@]2(O)[C@@]3(C)C[C@]4(O)O[C@@]5([C@@H](NC(=O)c6ccccc6)[C@@H](C)CC[C@]35O)[C@@]2(O)[C@]14C. The van der Waals surface area contributed by atoms with Crippen molar-refractivity contribution in [3.63, 3.8) is 0 Å². The Kier molecular flexibility index (Phi) is 5.43. The van der Waals surface area contributed by atoms with E-state index in [4.69, 9.17) is 9.47 Å². The van der Waals surface area contributed by atoms with Crippen LogP contribution in [0.3, 0.4) is 0 Å². The highest BCUT2D eigenvalue weighted by molar-refractivity contribution is 5.94. The van der Waals surface area contributed by atoms with E-state index in [-0.39, 0.29) is 18.5 Å². The Hall–Kier alpha value is -2.80. The molecule has 6 bridgehead atoms. The van der Waals surface area contributed by atoms with Crippen LogP contribution in [-0.4, -0.2) is 88.3 Å². The Balaban J connectivity index is 1.49. The standard InChI is InChI=1S/C32H40N2O9/c1-17(2)29(39)24(42-23(36)20-12-9-15-33-20)30(40)25(4)16-28(38)26(29,5)32(30,41)31(43-28)21(18(3)13-14-27(25,31)37)34-22(35)19-10-7-6-8-11-19/h6-12,15,17-18,21,24,33,37-41H,13-14,16H2,1-5H3,(H,34,35)/t18-,21-,24+,25-,26-,27-,28-,29+,30+,31+,32+/m0/s1. The van der Waals surface area contributed by atoms with Crippen molar-refractivity contribution in [1.29, 1.82) is 0 Å². The van der Waals surface area contributed by atoms with Gasteiger partial charge in [-0.1, -0.05) is 45.9 Å². The summed E-state index contributed by atoms with van der Waals surface area (Å²) in [7, 11) is 0. The van der Waals surface area contributed by atoms with Crippen molar-refractivity contribution in [2.75, 3.05) is 0 Å². The van der Waals surface area contributed by atoms with Crippen LogP contribution >= 0.6 is 0 Å². The van der Waals surface area contributed by atoms with Crippen LogP contribution in [0.1, 0.15) is 74.7 Å². The van der Waals surface area contributed by atoms with E-state index >= 15 is 0 Å². The summed E-state index contributed by atoms with van der Waals surface area (Å²) in [5.74, 6) is -4.88. The molecule has 3 heterocycles. The van der Waals surface area contributed by atoms with E-state index in [1.807, 2.05) is 6.92 Å². The fourth-order valence-electron chi connectivity index (χ4n) is 10.7. The molecule has 0 radical (unpaired) electrons. The lowest BCUT2D eigenvalue weighted by Gasteiger charge is -2.61. The number of carbonyl (C=O) groups excluding carboxylic acids is 2. The van der Waals surface area contributed by atoms with Gasteiger partial charge in [-0.05, 0) is 55.9 Å². The minimum atomic E-state index is -2.62. The second kappa shape index (κ2) is 8.07. The highest BCUT2D eigenvalue weighted by Gasteiger charge is 3.10.